The third-order valence-electron chi connectivity index (χ3n) is 5.36. The second-order valence-electron chi connectivity index (χ2n) is 7.24. The number of aliphatic hydroxyl groups excluding tert-OH is 1. The van der Waals surface area contributed by atoms with E-state index in [-0.39, 0.29) is 17.9 Å². The van der Waals surface area contributed by atoms with Crippen molar-refractivity contribution >= 4 is 17.4 Å². The average molecular weight is 403 g/mol. The van der Waals surface area contributed by atoms with Gasteiger partial charge in [0, 0.05) is 44.1 Å². The van der Waals surface area contributed by atoms with Gasteiger partial charge >= 0.3 is 0 Å². The number of aryl methyl sites for hydroxylation is 2. The fourth-order valence-corrected chi connectivity index (χ4v) is 3.87. The summed E-state index contributed by atoms with van der Waals surface area (Å²) in [6.07, 6.45) is 6.51. The molecule has 0 saturated carbocycles. The van der Waals surface area contributed by atoms with Gasteiger partial charge in [-0.05, 0) is 37.1 Å². The highest BCUT2D eigenvalue weighted by atomic mass is 16.3. The topological polar surface area (TPSA) is 101 Å². The van der Waals surface area contributed by atoms with Gasteiger partial charge in [0.2, 0.25) is 0 Å². The molecule has 30 heavy (non-hydrogen) atoms. The number of ketones is 1. The second kappa shape index (κ2) is 7.55. The zero-order chi connectivity index (χ0) is 21.4. The molecule has 0 aromatic carbocycles. The van der Waals surface area contributed by atoms with Crippen LogP contribution in [0.5, 0.6) is 0 Å². The van der Waals surface area contributed by atoms with Gasteiger partial charge in [0.1, 0.15) is 5.76 Å². The molecule has 3 aromatic heterocycles. The molecule has 1 amide bonds. The monoisotopic (exact) mass is 403 g/mol. The molecule has 0 spiro atoms. The van der Waals surface area contributed by atoms with Gasteiger partial charge in [-0.25, -0.2) is 0 Å². The number of nitrogens with zero attached hydrogens (tertiary/aromatic N) is 5. The molecular formula is C22H21N5O3. The molecule has 1 saturated heterocycles. The van der Waals surface area contributed by atoms with Gasteiger partial charge in [-0.3, -0.25) is 24.2 Å². The molecule has 1 aliphatic rings. The predicted octanol–water partition coefficient (Wildman–Crippen LogP) is 2.45. The van der Waals surface area contributed by atoms with E-state index in [4.69, 9.17) is 0 Å². The molecular weight excluding hydrogens is 382 g/mol. The lowest BCUT2D eigenvalue weighted by Gasteiger charge is -2.25. The Morgan fingerprint density at radius 2 is 1.80 bits per heavy atom. The number of amides is 1. The third kappa shape index (κ3) is 3.16. The minimum atomic E-state index is -0.766. The summed E-state index contributed by atoms with van der Waals surface area (Å²) in [6, 6.07) is 6.36. The Morgan fingerprint density at radius 1 is 1.10 bits per heavy atom. The summed E-state index contributed by atoms with van der Waals surface area (Å²) in [4.78, 5) is 35.7. The molecule has 1 fully saturated rings. The minimum Gasteiger partial charge on any atom is -0.507 e. The Balaban J connectivity index is 1.90. The number of likely N-dealkylation sites (tertiary alicyclic amines) is 1. The third-order valence-corrected chi connectivity index (χ3v) is 5.36. The molecule has 8 nitrogen and oxygen atoms in total. The quantitative estimate of drug-likeness (QED) is 0.408. The maximum Gasteiger partial charge on any atom is 0.295 e. The Kier molecular flexibility index (Phi) is 4.91. The van der Waals surface area contributed by atoms with Crippen molar-refractivity contribution in [3.63, 3.8) is 0 Å². The first-order chi connectivity index (χ1) is 14.4. The highest BCUT2D eigenvalue weighted by Gasteiger charge is 2.46. The Hall–Kier alpha value is -3.81. The van der Waals surface area contributed by atoms with Crippen LogP contribution in [0.25, 0.3) is 5.76 Å². The Morgan fingerprint density at radius 3 is 2.37 bits per heavy atom. The van der Waals surface area contributed by atoms with Crippen LogP contribution < -0.4 is 0 Å². The van der Waals surface area contributed by atoms with Gasteiger partial charge in [0.25, 0.3) is 11.7 Å². The van der Waals surface area contributed by atoms with Gasteiger partial charge in [-0.1, -0.05) is 12.1 Å². The first kappa shape index (κ1) is 19.5. The van der Waals surface area contributed by atoms with E-state index >= 15 is 0 Å². The van der Waals surface area contributed by atoms with Gasteiger partial charge in [-0.2, -0.15) is 5.10 Å². The van der Waals surface area contributed by atoms with Crippen LogP contribution in [0.2, 0.25) is 0 Å². The summed E-state index contributed by atoms with van der Waals surface area (Å²) >= 11 is 0. The van der Waals surface area contributed by atoms with E-state index in [1.807, 2.05) is 6.07 Å². The normalized spacial score (nSPS) is 18.2. The van der Waals surface area contributed by atoms with Crippen molar-refractivity contribution in [1.82, 2.24) is 24.6 Å². The van der Waals surface area contributed by atoms with E-state index in [0.717, 1.165) is 5.56 Å². The van der Waals surface area contributed by atoms with Gasteiger partial charge in [0.05, 0.1) is 22.9 Å². The number of pyridine rings is 2. The molecule has 1 aliphatic heterocycles. The van der Waals surface area contributed by atoms with Crippen molar-refractivity contribution < 1.29 is 14.7 Å². The van der Waals surface area contributed by atoms with Crippen LogP contribution in [0, 0.1) is 13.8 Å². The van der Waals surface area contributed by atoms with Crippen molar-refractivity contribution in [2.75, 3.05) is 0 Å². The average Bonchev–Trinajstić information content (AvgIpc) is 3.15. The molecule has 152 valence electrons. The number of aromatic nitrogens is 4. The molecule has 1 N–H and O–H groups in total. The predicted molar refractivity (Wildman–Crippen MR) is 109 cm³/mol. The molecule has 0 aliphatic carbocycles. The Bertz CT molecular complexity index is 1150. The summed E-state index contributed by atoms with van der Waals surface area (Å²) in [6.45, 7) is 3.74. The zero-order valence-corrected chi connectivity index (χ0v) is 16.9. The molecule has 0 radical (unpaired) electrons. The van der Waals surface area contributed by atoms with Crippen LogP contribution in [0.15, 0.2) is 54.6 Å². The van der Waals surface area contributed by atoms with Crippen molar-refractivity contribution in [1.29, 1.82) is 0 Å². The van der Waals surface area contributed by atoms with Crippen LogP contribution >= 0.6 is 0 Å². The van der Waals surface area contributed by atoms with E-state index in [2.05, 4.69) is 15.1 Å². The van der Waals surface area contributed by atoms with Crippen LogP contribution in [0.3, 0.4) is 0 Å². The first-order valence-electron chi connectivity index (χ1n) is 9.48. The lowest BCUT2D eigenvalue weighted by Crippen LogP contribution is -2.29. The fourth-order valence-electron chi connectivity index (χ4n) is 3.87. The number of carbonyl (C=O) groups is 2. The van der Waals surface area contributed by atoms with Gasteiger partial charge in [0.15, 0.2) is 0 Å². The summed E-state index contributed by atoms with van der Waals surface area (Å²) in [7, 11) is 1.76. The Labute approximate surface area is 173 Å². The van der Waals surface area contributed by atoms with E-state index in [1.165, 1.54) is 4.90 Å². The maximum absolute atomic E-state index is 13.1. The summed E-state index contributed by atoms with van der Waals surface area (Å²) in [5, 5.41) is 15.5. The lowest BCUT2D eigenvalue weighted by molar-refractivity contribution is -0.140. The van der Waals surface area contributed by atoms with Crippen molar-refractivity contribution in [3.05, 3.63) is 82.7 Å². The lowest BCUT2D eigenvalue weighted by atomic mass is 9.95. The minimum absolute atomic E-state index is 0.0380. The molecule has 3 aromatic rings. The number of hydrogen-bond acceptors (Lipinski definition) is 6. The van der Waals surface area contributed by atoms with E-state index in [1.54, 1.807) is 68.6 Å². The van der Waals surface area contributed by atoms with E-state index < -0.39 is 17.7 Å². The molecule has 4 rings (SSSR count). The molecule has 0 unspecified atom stereocenters. The number of Topliss-reactive ketones (excluding diaryl/α,β-unsaturated/α-hetero) is 1. The molecule has 1 atom stereocenters. The van der Waals surface area contributed by atoms with Crippen molar-refractivity contribution in [2.24, 2.45) is 7.05 Å². The van der Waals surface area contributed by atoms with Crippen LogP contribution in [0.1, 0.15) is 34.1 Å². The van der Waals surface area contributed by atoms with Gasteiger partial charge < -0.3 is 10.0 Å². The molecule has 0 bridgehead atoms. The number of aliphatic hydroxyl groups is 1. The molecule has 8 heteroatoms. The van der Waals surface area contributed by atoms with E-state index in [0.29, 0.717) is 22.5 Å². The fraction of sp³-hybridized carbons (Fsp3) is 0.227. The standard InChI is InChI=1S/C22H21N5O3/c1-13-17(14(2)26(3)25-13)20(28)18-19(16-7-5-9-24-11-16)27(22(30)21(18)29)12-15-6-4-8-23-10-15/h4-11,19,28H,12H2,1-3H3/t19-/m0/s1. The first-order valence-corrected chi connectivity index (χ1v) is 9.48. The van der Waals surface area contributed by atoms with Crippen molar-refractivity contribution in [2.45, 2.75) is 26.4 Å². The number of carbonyl (C=O) groups excluding carboxylic acids is 2. The van der Waals surface area contributed by atoms with Crippen LogP contribution in [-0.2, 0) is 23.2 Å². The largest absolute Gasteiger partial charge is 0.507 e. The smallest absolute Gasteiger partial charge is 0.295 e. The van der Waals surface area contributed by atoms with E-state index in [9.17, 15) is 14.7 Å². The zero-order valence-electron chi connectivity index (χ0n) is 16.9. The van der Waals surface area contributed by atoms with Crippen LogP contribution in [0.4, 0.5) is 0 Å². The number of rotatable bonds is 4. The van der Waals surface area contributed by atoms with Gasteiger partial charge in [-0.15, -0.1) is 0 Å². The highest BCUT2D eigenvalue weighted by Crippen LogP contribution is 2.40. The second-order valence-corrected chi connectivity index (χ2v) is 7.24. The summed E-state index contributed by atoms with van der Waals surface area (Å²) in [5.41, 5.74) is 3.20. The highest BCUT2D eigenvalue weighted by molar-refractivity contribution is 6.46. The summed E-state index contributed by atoms with van der Waals surface area (Å²) < 4.78 is 1.63. The van der Waals surface area contributed by atoms with Crippen molar-refractivity contribution in [3.8, 4) is 0 Å². The van der Waals surface area contributed by atoms with Crippen LogP contribution in [-0.4, -0.2) is 41.4 Å². The number of hydrogen-bond donors (Lipinski definition) is 1. The molecule has 4 heterocycles. The summed E-state index contributed by atoms with van der Waals surface area (Å²) in [5.74, 6) is -1.62. The SMILES string of the molecule is Cc1nn(C)c(C)c1C(O)=C1C(=O)C(=O)N(Cc2cccnc2)[C@H]1c1cccnc1. The maximum atomic E-state index is 13.1.